The van der Waals surface area contributed by atoms with Crippen molar-refractivity contribution in [3.8, 4) is 0 Å². The van der Waals surface area contributed by atoms with Crippen LogP contribution in [0.15, 0.2) is 6.33 Å². The lowest BCUT2D eigenvalue weighted by Gasteiger charge is -2.22. The Labute approximate surface area is 96.6 Å². The summed E-state index contributed by atoms with van der Waals surface area (Å²) in [5.74, 6) is 1.86. The van der Waals surface area contributed by atoms with Crippen molar-refractivity contribution in [2.24, 2.45) is 5.92 Å². The maximum absolute atomic E-state index is 4.11. The Hall–Kier alpha value is -0.940. The van der Waals surface area contributed by atoms with Crippen molar-refractivity contribution >= 4 is 0 Å². The minimum absolute atomic E-state index is 0.819. The molecule has 2 N–H and O–H groups in total. The van der Waals surface area contributed by atoms with Crippen LogP contribution in [0, 0.1) is 5.92 Å². The summed E-state index contributed by atoms with van der Waals surface area (Å²) in [4.78, 5) is 0. The van der Waals surface area contributed by atoms with Crippen LogP contribution in [0.2, 0.25) is 0 Å². The SMILES string of the molecule is CCn1cnnc1CNCC1CCNCC1. The predicted octanol–water partition coefficient (Wildman–Crippen LogP) is 0.387. The van der Waals surface area contributed by atoms with E-state index >= 15 is 0 Å². The van der Waals surface area contributed by atoms with Crippen molar-refractivity contribution < 1.29 is 0 Å². The lowest BCUT2D eigenvalue weighted by molar-refractivity contribution is 0.354. The molecule has 0 saturated carbocycles. The number of rotatable bonds is 5. The maximum Gasteiger partial charge on any atom is 0.146 e. The highest BCUT2D eigenvalue weighted by molar-refractivity contribution is 4.85. The molecule has 0 spiro atoms. The zero-order valence-electron chi connectivity index (χ0n) is 9.95. The molecule has 2 rings (SSSR count). The first kappa shape index (κ1) is 11.5. The Balaban J connectivity index is 1.71. The molecule has 1 saturated heterocycles. The standard InChI is InChI=1S/C11H21N5/c1-2-16-9-14-15-11(16)8-13-7-10-3-5-12-6-4-10/h9-10,12-13H,2-8H2,1H3. The van der Waals surface area contributed by atoms with E-state index in [0.29, 0.717) is 0 Å². The summed E-state index contributed by atoms with van der Waals surface area (Å²) in [6.45, 7) is 7.31. The van der Waals surface area contributed by atoms with E-state index in [0.717, 1.165) is 44.5 Å². The first-order chi connectivity index (χ1) is 7.90. The van der Waals surface area contributed by atoms with E-state index in [4.69, 9.17) is 0 Å². The van der Waals surface area contributed by atoms with Gasteiger partial charge in [0.25, 0.3) is 0 Å². The van der Waals surface area contributed by atoms with Crippen molar-refractivity contribution in [3.05, 3.63) is 12.2 Å². The first-order valence-corrected chi connectivity index (χ1v) is 6.18. The highest BCUT2D eigenvalue weighted by Crippen LogP contribution is 2.09. The van der Waals surface area contributed by atoms with E-state index < -0.39 is 0 Å². The van der Waals surface area contributed by atoms with Gasteiger partial charge in [-0.15, -0.1) is 10.2 Å². The van der Waals surface area contributed by atoms with E-state index in [9.17, 15) is 0 Å². The van der Waals surface area contributed by atoms with Crippen LogP contribution in [0.3, 0.4) is 0 Å². The van der Waals surface area contributed by atoms with Crippen molar-refractivity contribution in [3.63, 3.8) is 0 Å². The Morgan fingerprint density at radius 1 is 1.50 bits per heavy atom. The molecule has 0 unspecified atom stereocenters. The topological polar surface area (TPSA) is 54.8 Å². The van der Waals surface area contributed by atoms with E-state index in [1.165, 1.54) is 12.8 Å². The second-order valence-corrected chi connectivity index (χ2v) is 4.36. The van der Waals surface area contributed by atoms with Crippen LogP contribution in [-0.4, -0.2) is 34.4 Å². The summed E-state index contributed by atoms with van der Waals surface area (Å²) in [5.41, 5.74) is 0. The van der Waals surface area contributed by atoms with Crippen LogP contribution in [0.25, 0.3) is 0 Å². The summed E-state index contributed by atoms with van der Waals surface area (Å²) < 4.78 is 2.08. The predicted molar refractivity (Wildman–Crippen MR) is 63.0 cm³/mol. The van der Waals surface area contributed by atoms with Gasteiger partial charge in [0, 0.05) is 6.54 Å². The lowest BCUT2D eigenvalue weighted by Crippen LogP contribution is -2.33. The molecule has 0 radical (unpaired) electrons. The quantitative estimate of drug-likeness (QED) is 0.758. The number of hydrogen-bond donors (Lipinski definition) is 2. The van der Waals surface area contributed by atoms with Gasteiger partial charge >= 0.3 is 0 Å². The van der Waals surface area contributed by atoms with Crippen molar-refractivity contribution in [2.75, 3.05) is 19.6 Å². The fraction of sp³-hybridized carbons (Fsp3) is 0.818. The molecule has 1 fully saturated rings. The van der Waals surface area contributed by atoms with Crippen molar-refractivity contribution in [1.82, 2.24) is 25.4 Å². The summed E-state index contributed by atoms with van der Waals surface area (Å²) >= 11 is 0. The highest BCUT2D eigenvalue weighted by atomic mass is 15.3. The van der Waals surface area contributed by atoms with Crippen molar-refractivity contribution in [2.45, 2.75) is 32.9 Å². The van der Waals surface area contributed by atoms with Gasteiger partial charge in [0.2, 0.25) is 0 Å². The van der Waals surface area contributed by atoms with Crippen LogP contribution in [0.1, 0.15) is 25.6 Å². The molecule has 90 valence electrons. The van der Waals surface area contributed by atoms with E-state index in [-0.39, 0.29) is 0 Å². The minimum Gasteiger partial charge on any atom is -0.317 e. The first-order valence-electron chi connectivity index (χ1n) is 6.18. The van der Waals surface area contributed by atoms with Gasteiger partial charge in [0.15, 0.2) is 0 Å². The van der Waals surface area contributed by atoms with Gasteiger partial charge in [0.05, 0.1) is 6.54 Å². The number of piperidine rings is 1. The molecule has 0 bridgehead atoms. The molecular formula is C11H21N5. The second kappa shape index (κ2) is 5.96. The third-order valence-electron chi connectivity index (χ3n) is 3.21. The van der Waals surface area contributed by atoms with E-state index in [2.05, 4.69) is 32.3 Å². The number of nitrogens with zero attached hydrogens (tertiary/aromatic N) is 3. The molecule has 1 aromatic heterocycles. The molecule has 0 amide bonds. The number of aromatic nitrogens is 3. The van der Waals surface area contributed by atoms with Gasteiger partial charge in [-0.3, -0.25) is 0 Å². The monoisotopic (exact) mass is 223 g/mol. The van der Waals surface area contributed by atoms with Gasteiger partial charge in [-0.05, 0) is 45.3 Å². The molecular weight excluding hydrogens is 202 g/mol. The molecule has 5 heteroatoms. The smallest absolute Gasteiger partial charge is 0.146 e. The molecule has 1 aromatic rings. The molecule has 5 nitrogen and oxygen atoms in total. The van der Waals surface area contributed by atoms with Crippen LogP contribution < -0.4 is 10.6 Å². The lowest BCUT2D eigenvalue weighted by atomic mass is 9.98. The Morgan fingerprint density at radius 3 is 3.06 bits per heavy atom. The number of aryl methyl sites for hydroxylation is 1. The largest absolute Gasteiger partial charge is 0.317 e. The van der Waals surface area contributed by atoms with E-state index in [1.54, 1.807) is 6.33 Å². The summed E-state index contributed by atoms with van der Waals surface area (Å²) in [6, 6.07) is 0. The molecule has 1 aliphatic rings. The van der Waals surface area contributed by atoms with Crippen LogP contribution in [-0.2, 0) is 13.1 Å². The van der Waals surface area contributed by atoms with Gasteiger partial charge in [-0.25, -0.2) is 0 Å². The zero-order chi connectivity index (χ0) is 11.2. The van der Waals surface area contributed by atoms with Crippen LogP contribution in [0.4, 0.5) is 0 Å². The zero-order valence-corrected chi connectivity index (χ0v) is 9.95. The summed E-state index contributed by atoms with van der Waals surface area (Å²) in [5, 5.41) is 14.9. The third kappa shape index (κ3) is 3.02. The van der Waals surface area contributed by atoms with Gasteiger partial charge < -0.3 is 15.2 Å². The normalized spacial score (nSPS) is 17.8. The molecule has 16 heavy (non-hydrogen) atoms. The molecule has 0 aromatic carbocycles. The van der Waals surface area contributed by atoms with E-state index in [1.807, 2.05) is 0 Å². The molecule has 1 aliphatic heterocycles. The van der Waals surface area contributed by atoms with Crippen LogP contribution in [0.5, 0.6) is 0 Å². The average Bonchev–Trinajstić information content (AvgIpc) is 2.78. The molecule has 0 aliphatic carbocycles. The molecule has 2 heterocycles. The Morgan fingerprint density at radius 2 is 2.31 bits per heavy atom. The van der Waals surface area contributed by atoms with Gasteiger partial charge in [-0.1, -0.05) is 0 Å². The number of hydrogen-bond acceptors (Lipinski definition) is 4. The maximum atomic E-state index is 4.11. The van der Waals surface area contributed by atoms with Crippen LogP contribution >= 0.6 is 0 Å². The number of nitrogens with one attached hydrogen (secondary N) is 2. The summed E-state index contributed by atoms with van der Waals surface area (Å²) in [6.07, 6.45) is 4.36. The van der Waals surface area contributed by atoms with Gasteiger partial charge in [-0.2, -0.15) is 0 Å². The fourth-order valence-electron chi connectivity index (χ4n) is 2.15. The average molecular weight is 223 g/mol. The van der Waals surface area contributed by atoms with Gasteiger partial charge in [0.1, 0.15) is 12.2 Å². The Kier molecular flexibility index (Phi) is 4.30. The Bertz CT molecular complexity index is 303. The second-order valence-electron chi connectivity index (χ2n) is 4.36. The highest BCUT2D eigenvalue weighted by Gasteiger charge is 2.12. The van der Waals surface area contributed by atoms with Crippen molar-refractivity contribution in [1.29, 1.82) is 0 Å². The molecule has 0 atom stereocenters. The fourth-order valence-corrected chi connectivity index (χ4v) is 2.15. The summed E-state index contributed by atoms with van der Waals surface area (Å²) in [7, 11) is 0. The minimum atomic E-state index is 0.819. The third-order valence-corrected chi connectivity index (χ3v) is 3.21.